The van der Waals surface area contributed by atoms with Crippen LogP contribution in [0.4, 0.5) is 0 Å². The van der Waals surface area contributed by atoms with Crippen molar-refractivity contribution in [2.45, 2.75) is 76.0 Å². The van der Waals surface area contributed by atoms with Crippen molar-refractivity contribution in [1.29, 1.82) is 0 Å². The van der Waals surface area contributed by atoms with Crippen molar-refractivity contribution in [3.63, 3.8) is 0 Å². The highest BCUT2D eigenvalue weighted by molar-refractivity contribution is 7.90. The van der Waals surface area contributed by atoms with Gasteiger partial charge in [0, 0.05) is 84.6 Å². The summed E-state index contributed by atoms with van der Waals surface area (Å²) in [7, 11) is 2.34. The predicted molar refractivity (Wildman–Crippen MR) is 198 cm³/mol. The molecule has 2 amide bonds. The molecule has 9 rings (SSSR count). The lowest BCUT2D eigenvalue weighted by Gasteiger charge is -2.31. The topological polar surface area (TPSA) is 104 Å². The molecule has 2 aromatic carbocycles. The monoisotopic (exact) mass is 713 g/mol. The van der Waals surface area contributed by atoms with Crippen LogP contribution in [0.3, 0.4) is 0 Å². The lowest BCUT2D eigenvalue weighted by molar-refractivity contribution is -0.137. The smallest absolute Gasteiger partial charge is 0.264 e. The van der Waals surface area contributed by atoms with Crippen molar-refractivity contribution in [2.75, 3.05) is 60.5 Å². The first-order valence-corrected chi connectivity index (χ1v) is 20.4. The summed E-state index contributed by atoms with van der Waals surface area (Å²) in [5.74, 6) is 0.849. The van der Waals surface area contributed by atoms with Crippen molar-refractivity contribution in [3.8, 4) is 17.0 Å². The van der Waals surface area contributed by atoms with Crippen LogP contribution >= 0.6 is 0 Å². The first-order chi connectivity index (χ1) is 24.3. The summed E-state index contributed by atoms with van der Waals surface area (Å²) in [5, 5.41) is 0.362. The number of carbonyl (C=O) groups excluding carboxylic acids is 2. The molecule has 11 heteroatoms. The minimum absolute atomic E-state index is 0.0625. The number of nitrogens with zero attached hydrogens (tertiary/aromatic N) is 4. The summed E-state index contributed by atoms with van der Waals surface area (Å²) in [6, 6.07) is 12.0. The lowest BCUT2D eigenvalue weighted by atomic mass is 9.71. The Morgan fingerprint density at radius 1 is 0.882 bits per heavy atom. The maximum Gasteiger partial charge on any atom is 0.264 e. The van der Waals surface area contributed by atoms with E-state index in [4.69, 9.17) is 4.74 Å². The summed E-state index contributed by atoms with van der Waals surface area (Å²) < 4.78 is 35.9. The van der Waals surface area contributed by atoms with Gasteiger partial charge in [-0.25, -0.2) is 13.1 Å². The van der Waals surface area contributed by atoms with Gasteiger partial charge >= 0.3 is 0 Å². The Bertz CT molecular complexity index is 2050. The molecule has 51 heavy (non-hydrogen) atoms. The molecule has 4 aliphatic heterocycles. The standard InChI is InChI=1S/C40H51N5O5S/c1-25(2)51(48,49)41-36(46)27-11-13-30-33(15-27)45-24-40(37(47)44-22-38-18-42(3)19-39(38,23-44)21-43(4)20-38)17-32(40)31-16-28(50-5)12-14-29(31)35(45)34(30)26-9-7-6-8-10-26/h11-16,25-26,32H,6-10,17-24H2,1-5H3,(H,41,46)/t32-,38?,39?,40-/m0/s1. The molecule has 6 aliphatic rings. The van der Waals surface area contributed by atoms with E-state index < -0.39 is 26.6 Å². The van der Waals surface area contributed by atoms with E-state index in [0.717, 1.165) is 86.4 Å². The minimum atomic E-state index is -3.81. The molecule has 3 saturated heterocycles. The Balaban J connectivity index is 1.20. The number of nitrogens with one attached hydrogen (secondary N) is 1. The van der Waals surface area contributed by atoms with E-state index in [1.165, 1.54) is 30.4 Å². The number of ether oxygens (including phenoxy) is 1. The summed E-state index contributed by atoms with van der Waals surface area (Å²) in [4.78, 5) is 35.9. The maximum absolute atomic E-state index is 15.3. The Kier molecular flexibility index (Phi) is 7.40. The molecule has 2 saturated carbocycles. The third kappa shape index (κ3) is 4.82. The van der Waals surface area contributed by atoms with Gasteiger partial charge in [-0.1, -0.05) is 25.3 Å². The largest absolute Gasteiger partial charge is 0.497 e. The number of rotatable bonds is 6. The number of likely N-dealkylation sites (tertiary alicyclic amines) is 3. The molecule has 1 N–H and O–H groups in total. The van der Waals surface area contributed by atoms with Crippen LogP contribution in [0.15, 0.2) is 36.4 Å². The fraction of sp³-hybridized carbons (Fsp3) is 0.600. The number of aromatic nitrogens is 1. The summed E-state index contributed by atoms with van der Waals surface area (Å²) in [6.07, 6.45) is 6.55. The van der Waals surface area contributed by atoms with E-state index in [1.807, 2.05) is 18.2 Å². The molecule has 1 aromatic heterocycles. The quantitative estimate of drug-likeness (QED) is 0.383. The fourth-order valence-electron chi connectivity index (χ4n) is 11.5. The Morgan fingerprint density at radius 2 is 1.55 bits per heavy atom. The van der Waals surface area contributed by atoms with Gasteiger partial charge in [0.25, 0.3) is 5.91 Å². The molecule has 0 bridgehead atoms. The van der Waals surface area contributed by atoms with Gasteiger partial charge in [-0.3, -0.25) is 9.59 Å². The second-order valence-corrected chi connectivity index (χ2v) is 19.6. The van der Waals surface area contributed by atoms with Crippen LogP contribution in [-0.2, 0) is 21.4 Å². The predicted octanol–water partition coefficient (Wildman–Crippen LogP) is 5.03. The highest BCUT2D eigenvalue weighted by Gasteiger charge is 2.70. The minimum Gasteiger partial charge on any atom is -0.497 e. The summed E-state index contributed by atoms with van der Waals surface area (Å²) >= 11 is 0. The van der Waals surface area contributed by atoms with Crippen LogP contribution in [-0.4, -0.2) is 105 Å². The number of benzene rings is 2. The molecule has 0 radical (unpaired) electrons. The van der Waals surface area contributed by atoms with Gasteiger partial charge in [0.1, 0.15) is 5.75 Å². The average Bonchev–Trinajstić information content (AvgIpc) is 3.43. The van der Waals surface area contributed by atoms with Crippen LogP contribution < -0.4 is 9.46 Å². The van der Waals surface area contributed by atoms with Crippen LogP contribution in [0.1, 0.15) is 85.7 Å². The second-order valence-electron chi connectivity index (χ2n) is 17.4. The van der Waals surface area contributed by atoms with E-state index in [9.17, 15) is 13.2 Å². The normalized spacial score (nSPS) is 30.5. The summed E-state index contributed by atoms with van der Waals surface area (Å²) in [6.45, 7) is 9.32. The van der Waals surface area contributed by atoms with E-state index in [2.05, 4.69) is 50.2 Å². The Hall–Kier alpha value is -3.41. The van der Waals surface area contributed by atoms with Crippen molar-refractivity contribution in [1.82, 2.24) is 24.0 Å². The van der Waals surface area contributed by atoms with Gasteiger partial charge in [-0.05, 0) is 94.6 Å². The number of methoxy groups -OCH3 is 1. The molecule has 5 fully saturated rings. The van der Waals surface area contributed by atoms with E-state index >= 15 is 4.79 Å². The van der Waals surface area contributed by atoms with Gasteiger partial charge in [-0.15, -0.1) is 0 Å². The number of carbonyl (C=O) groups is 2. The number of hydrogen-bond donors (Lipinski definition) is 1. The molecular weight excluding hydrogens is 663 g/mol. The van der Waals surface area contributed by atoms with Crippen LogP contribution in [0, 0.1) is 16.2 Å². The fourth-order valence-corrected chi connectivity index (χ4v) is 12.1. The van der Waals surface area contributed by atoms with Gasteiger partial charge < -0.3 is 24.0 Å². The van der Waals surface area contributed by atoms with Crippen LogP contribution in [0.2, 0.25) is 0 Å². The van der Waals surface area contributed by atoms with Crippen molar-refractivity contribution >= 4 is 32.7 Å². The second kappa shape index (κ2) is 11.3. The molecule has 10 nitrogen and oxygen atoms in total. The van der Waals surface area contributed by atoms with Crippen molar-refractivity contribution < 1.29 is 22.7 Å². The molecule has 272 valence electrons. The zero-order chi connectivity index (χ0) is 35.7. The molecule has 0 unspecified atom stereocenters. The molecule has 3 aromatic rings. The maximum atomic E-state index is 15.3. The van der Waals surface area contributed by atoms with Gasteiger partial charge in [0.2, 0.25) is 15.9 Å². The van der Waals surface area contributed by atoms with E-state index in [0.29, 0.717) is 18.0 Å². The Labute approximate surface area is 301 Å². The van der Waals surface area contributed by atoms with Crippen molar-refractivity contribution in [2.24, 2.45) is 16.2 Å². The molecular formula is C40H51N5O5S. The molecule has 5 heterocycles. The Morgan fingerprint density at radius 3 is 2.18 bits per heavy atom. The first-order valence-electron chi connectivity index (χ1n) is 18.9. The van der Waals surface area contributed by atoms with Gasteiger partial charge in [0.15, 0.2) is 0 Å². The highest BCUT2D eigenvalue weighted by atomic mass is 32.2. The van der Waals surface area contributed by atoms with Crippen LogP contribution in [0.25, 0.3) is 22.2 Å². The molecule has 2 atom stereocenters. The highest BCUT2D eigenvalue weighted by Crippen LogP contribution is 2.67. The summed E-state index contributed by atoms with van der Waals surface area (Å²) in [5.41, 5.74) is 5.56. The zero-order valence-corrected chi connectivity index (χ0v) is 31.4. The van der Waals surface area contributed by atoms with E-state index in [1.54, 1.807) is 27.0 Å². The number of sulfonamides is 1. The SMILES string of the molecule is COc1ccc2c(c1)[C@@H]1C[C@]1(C(=O)N1CC34CN(C)CC3(CN(C)C4)C1)Cn1c-2c(C2CCCCC2)c2ccc(C(=O)NS(=O)(=O)C(C)C)cc21. The third-order valence-electron chi connectivity index (χ3n) is 13.8. The first kappa shape index (κ1) is 33.4. The lowest BCUT2D eigenvalue weighted by Crippen LogP contribution is -2.44. The van der Waals surface area contributed by atoms with Crippen molar-refractivity contribution in [3.05, 3.63) is 53.1 Å². The van der Waals surface area contributed by atoms with Gasteiger partial charge in [-0.2, -0.15) is 0 Å². The van der Waals surface area contributed by atoms with E-state index in [-0.39, 0.29) is 22.7 Å². The van der Waals surface area contributed by atoms with Gasteiger partial charge in [0.05, 0.1) is 23.5 Å². The number of hydrogen-bond acceptors (Lipinski definition) is 7. The molecule has 0 spiro atoms. The zero-order valence-electron chi connectivity index (χ0n) is 30.6. The molecule has 2 aliphatic carbocycles. The average molecular weight is 714 g/mol. The number of amides is 2. The third-order valence-corrected chi connectivity index (χ3v) is 15.5. The number of fused-ring (bicyclic) bond motifs is 7. The van der Waals surface area contributed by atoms with Crippen LogP contribution in [0.5, 0.6) is 5.75 Å².